The maximum absolute atomic E-state index is 11.9. The maximum Gasteiger partial charge on any atom is 0.191 e. The summed E-state index contributed by atoms with van der Waals surface area (Å²) in [5.74, 6) is 1.15. The van der Waals surface area contributed by atoms with Crippen molar-refractivity contribution in [1.82, 2.24) is 4.90 Å². The summed E-state index contributed by atoms with van der Waals surface area (Å²) in [5, 5.41) is 0. The predicted molar refractivity (Wildman–Crippen MR) is 77.9 cm³/mol. The maximum atomic E-state index is 11.9. The summed E-state index contributed by atoms with van der Waals surface area (Å²) in [4.78, 5) is 6.47. The molecule has 1 saturated heterocycles. The number of likely N-dealkylation sites (tertiary alicyclic amines) is 1. The Labute approximate surface area is 116 Å². The highest BCUT2D eigenvalue weighted by Crippen LogP contribution is 2.39. The van der Waals surface area contributed by atoms with E-state index < -0.39 is 14.6 Å². The van der Waals surface area contributed by atoms with Crippen LogP contribution in [0.3, 0.4) is 0 Å². The number of guanidine groups is 1. The molecule has 19 heavy (non-hydrogen) atoms. The van der Waals surface area contributed by atoms with Crippen molar-refractivity contribution in [2.45, 2.75) is 43.8 Å². The van der Waals surface area contributed by atoms with E-state index in [2.05, 4.69) is 16.8 Å². The van der Waals surface area contributed by atoms with Gasteiger partial charge >= 0.3 is 0 Å². The molecular formula is C13H25N3O2S. The first-order valence-corrected chi connectivity index (χ1v) is 8.98. The van der Waals surface area contributed by atoms with Gasteiger partial charge in [-0.05, 0) is 31.6 Å². The van der Waals surface area contributed by atoms with Crippen LogP contribution in [0.25, 0.3) is 0 Å². The lowest BCUT2D eigenvalue weighted by molar-refractivity contribution is 0.268. The summed E-state index contributed by atoms with van der Waals surface area (Å²) in [6.45, 7) is 4.40. The molecule has 1 atom stereocenters. The molecule has 1 aliphatic heterocycles. The Morgan fingerprint density at radius 2 is 2.11 bits per heavy atom. The van der Waals surface area contributed by atoms with Crippen molar-refractivity contribution >= 4 is 15.8 Å². The first-order chi connectivity index (χ1) is 8.84. The monoisotopic (exact) mass is 287 g/mol. The van der Waals surface area contributed by atoms with E-state index in [0.717, 1.165) is 38.8 Å². The van der Waals surface area contributed by atoms with Crippen molar-refractivity contribution in [3.63, 3.8) is 0 Å². The minimum atomic E-state index is -3.05. The number of hydrogen-bond donors (Lipinski definition) is 1. The number of rotatable bonds is 3. The number of hydrogen-bond acceptors (Lipinski definition) is 3. The largest absolute Gasteiger partial charge is 0.370 e. The van der Waals surface area contributed by atoms with E-state index in [1.54, 1.807) is 0 Å². The standard InChI is InChI=1S/C13H25N3O2S/c1-11-5-3-8-16(9-11)12(14)15-10-13(6-4-7-13)19(2,17)18/h11H,3-10H2,1-2H3,(H2,14,15). The fourth-order valence-electron chi connectivity index (χ4n) is 2.94. The Bertz CT molecular complexity index is 455. The quantitative estimate of drug-likeness (QED) is 0.620. The summed E-state index contributed by atoms with van der Waals surface area (Å²) in [7, 11) is -3.05. The lowest BCUT2D eigenvalue weighted by Gasteiger charge is -2.39. The van der Waals surface area contributed by atoms with Gasteiger partial charge in [0.05, 0.1) is 11.3 Å². The van der Waals surface area contributed by atoms with Crippen molar-refractivity contribution in [3.05, 3.63) is 0 Å². The first kappa shape index (κ1) is 14.6. The Hall–Kier alpha value is -0.780. The second-order valence-electron chi connectivity index (χ2n) is 6.18. The van der Waals surface area contributed by atoms with Gasteiger partial charge < -0.3 is 10.6 Å². The highest BCUT2D eigenvalue weighted by molar-refractivity contribution is 7.92. The molecule has 0 aromatic rings. The Morgan fingerprint density at radius 3 is 2.58 bits per heavy atom. The second kappa shape index (κ2) is 5.31. The highest BCUT2D eigenvalue weighted by Gasteiger charge is 2.46. The predicted octanol–water partition coefficient (Wildman–Crippen LogP) is 1.00. The SMILES string of the molecule is CC1CCCN(C(N)=NCC2(S(C)(=O)=O)CCC2)C1. The van der Waals surface area contributed by atoms with Crippen LogP contribution < -0.4 is 5.73 Å². The Morgan fingerprint density at radius 1 is 1.42 bits per heavy atom. The van der Waals surface area contributed by atoms with Gasteiger partial charge in [-0.1, -0.05) is 13.3 Å². The van der Waals surface area contributed by atoms with E-state index in [0.29, 0.717) is 18.4 Å². The molecular weight excluding hydrogens is 262 g/mol. The molecule has 2 rings (SSSR count). The molecule has 2 fully saturated rings. The van der Waals surface area contributed by atoms with Gasteiger partial charge in [-0.2, -0.15) is 0 Å². The number of piperidine rings is 1. The normalized spacial score (nSPS) is 28.0. The van der Waals surface area contributed by atoms with E-state index >= 15 is 0 Å². The first-order valence-electron chi connectivity index (χ1n) is 7.08. The summed E-state index contributed by atoms with van der Waals surface area (Å²) < 4.78 is 23.1. The molecule has 0 radical (unpaired) electrons. The van der Waals surface area contributed by atoms with E-state index in [4.69, 9.17) is 5.73 Å². The molecule has 1 unspecified atom stereocenters. The smallest absolute Gasteiger partial charge is 0.191 e. The number of nitrogens with two attached hydrogens (primary N) is 1. The van der Waals surface area contributed by atoms with E-state index in [1.807, 2.05) is 0 Å². The zero-order valence-electron chi connectivity index (χ0n) is 11.9. The Balaban J connectivity index is 2.01. The molecule has 0 amide bonds. The van der Waals surface area contributed by atoms with Gasteiger partial charge in [-0.3, -0.25) is 4.99 Å². The van der Waals surface area contributed by atoms with Gasteiger partial charge in [0.25, 0.3) is 0 Å². The van der Waals surface area contributed by atoms with Gasteiger partial charge in [-0.25, -0.2) is 8.42 Å². The molecule has 110 valence electrons. The molecule has 0 spiro atoms. The van der Waals surface area contributed by atoms with Crippen molar-refractivity contribution in [2.75, 3.05) is 25.9 Å². The Kier molecular flexibility index (Phi) is 4.08. The molecule has 0 aromatic heterocycles. The highest BCUT2D eigenvalue weighted by atomic mass is 32.2. The minimum Gasteiger partial charge on any atom is -0.370 e. The van der Waals surface area contributed by atoms with Crippen LogP contribution >= 0.6 is 0 Å². The molecule has 1 heterocycles. The summed E-state index contributed by atoms with van der Waals surface area (Å²) in [6, 6.07) is 0. The average Bonchev–Trinajstić information content (AvgIpc) is 2.25. The van der Waals surface area contributed by atoms with Crippen LogP contribution in [0, 0.1) is 5.92 Å². The van der Waals surface area contributed by atoms with Crippen molar-refractivity contribution in [1.29, 1.82) is 0 Å². The number of nitrogens with zero attached hydrogens (tertiary/aromatic N) is 2. The zero-order chi connectivity index (χ0) is 14.1. The van der Waals surface area contributed by atoms with E-state index in [9.17, 15) is 8.42 Å². The minimum absolute atomic E-state index is 0.322. The molecule has 2 aliphatic rings. The second-order valence-corrected chi connectivity index (χ2v) is 8.59. The lowest BCUT2D eigenvalue weighted by atomic mass is 9.84. The van der Waals surface area contributed by atoms with Crippen LogP contribution in [0.4, 0.5) is 0 Å². The number of sulfone groups is 1. The molecule has 1 saturated carbocycles. The summed E-state index contributed by atoms with van der Waals surface area (Å²) >= 11 is 0. The van der Waals surface area contributed by atoms with Crippen LogP contribution in [0.5, 0.6) is 0 Å². The fourth-order valence-corrected chi connectivity index (χ4v) is 4.27. The topological polar surface area (TPSA) is 75.8 Å². The molecule has 5 nitrogen and oxygen atoms in total. The van der Waals surface area contributed by atoms with Gasteiger partial charge in [-0.15, -0.1) is 0 Å². The van der Waals surface area contributed by atoms with Gasteiger partial charge in [0.15, 0.2) is 15.8 Å². The van der Waals surface area contributed by atoms with E-state index in [1.165, 1.54) is 12.7 Å². The molecule has 6 heteroatoms. The van der Waals surface area contributed by atoms with Gasteiger partial charge in [0.1, 0.15) is 0 Å². The molecule has 0 bridgehead atoms. The number of aliphatic imine (C=N–C) groups is 1. The van der Waals surface area contributed by atoms with Crippen LogP contribution in [0.15, 0.2) is 4.99 Å². The van der Waals surface area contributed by atoms with E-state index in [-0.39, 0.29) is 0 Å². The van der Waals surface area contributed by atoms with Crippen LogP contribution in [-0.4, -0.2) is 49.9 Å². The van der Waals surface area contributed by atoms with Gasteiger partial charge in [0, 0.05) is 19.3 Å². The molecule has 0 aromatic carbocycles. The third kappa shape index (κ3) is 3.04. The zero-order valence-corrected chi connectivity index (χ0v) is 12.7. The molecule has 2 N–H and O–H groups in total. The fraction of sp³-hybridized carbons (Fsp3) is 0.923. The average molecular weight is 287 g/mol. The molecule has 1 aliphatic carbocycles. The van der Waals surface area contributed by atoms with Crippen molar-refractivity contribution < 1.29 is 8.42 Å². The van der Waals surface area contributed by atoms with Crippen molar-refractivity contribution in [3.8, 4) is 0 Å². The van der Waals surface area contributed by atoms with Crippen LogP contribution in [0.2, 0.25) is 0 Å². The van der Waals surface area contributed by atoms with Crippen LogP contribution in [0.1, 0.15) is 39.0 Å². The third-order valence-electron chi connectivity index (χ3n) is 4.56. The third-order valence-corrected chi connectivity index (χ3v) is 6.67. The summed E-state index contributed by atoms with van der Waals surface area (Å²) in [6.07, 6.45) is 6.10. The van der Waals surface area contributed by atoms with Crippen LogP contribution in [-0.2, 0) is 9.84 Å². The summed E-state index contributed by atoms with van der Waals surface area (Å²) in [5.41, 5.74) is 6.02. The van der Waals surface area contributed by atoms with Crippen molar-refractivity contribution in [2.24, 2.45) is 16.6 Å². The van der Waals surface area contributed by atoms with Gasteiger partial charge in [0.2, 0.25) is 0 Å². The lowest BCUT2D eigenvalue weighted by Crippen LogP contribution is -2.49.